The van der Waals surface area contributed by atoms with Gasteiger partial charge in [-0.05, 0) is 36.7 Å². The van der Waals surface area contributed by atoms with Gasteiger partial charge in [0.2, 0.25) is 0 Å². The average molecular weight is 379 g/mol. The van der Waals surface area contributed by atoms with E-state index in [0.717, 1.165) is 31.7 Å². The topological polar surface area (TPSA) is 12.0 Å². The number of hydrogen-bond acceptors (Lipinski definition) is 2. The van der Waals surface area contributed by atoms with Crippen LogP contribution in [0.25, 0.3) is 0 Å². The number of thiophene rings is 1. The molecule has 0 aliphatic heterocycles. The van der Waals surface area contributed by atoms with Gasteiger partial charge in [0.05, 0.1) is 14.7 Å². The predicted octanol–water partition coefficient (Wildman–Crippen LogP) is 5.91. The van der Waals surface area contributed by atoms with Gasteiger partial charge in [0.1, 0.15) is 0 Å². The molecule has 2 aromatic rings. The fourth-order valence-corrected chi connectivity index (χ4v) is 3.70. The maximum atomic E-state index is 6.28. The van der Waals surface area contributed by atoms with Crippen molar-refractivity contribution in [3.05, 3.63) is 54.6 Å². The van der Waals surface area contributed by atoms with E-state index in [9.17, 15) is 0 Å². The van der Waals surface area contributed by atoms with Crippen molar-refractivity contribution in [1.82, 2.24) is 5.32 Å². The summed E-state index contributed by atoms with van der Waals surface area (Å²) in [5, 5.41) is 3.52. The van der Waals surface area contributed by atoms with Crippen molar-refractivity contribution in [1.29, 1.82) is 0 Å². The normalized spacial score (nSPS) is 12.6. The molecule has 5 heteroatoms. The van der Waals surface area contributed by atoms with Gasteiger partial charge in [-0.15, -0.1) is 11.3 Å². The first kappa shape index (κ1) is 15.3. The zero-order chi connectivity index (χ0) is 13.8. The SMILES string of the molecule is CCCNC(c1ccc(Br)cc1)c1cc(Cl)sc1Cl. The first-order valence-electron chi connectivity index (χ1n) is 6.05. The van der Waals surface area contributed by atoms with Crippen LogP contribution in [0.2, 0.25) is 8.67 Å². The maximum absolute atomic E-state index is 6.28. The van der Waals surface area contributed by atoms with Gasteiger partial charge in [-0.3, -0.25) is 0 Å². The summed E-state index contributed by atoms with van der Waals surface area (Å²) in [7, 11) is 0. The lowest BCUT2D eigenvalue weighted by atomic mass is 10.0. The Labute approximate surface area is 136 Å². The molecule has 0 bridgehead atoms. The highest BCUT2D eigenvalue weighted by atomic mass is 79.9. The van der Waals surface area contributed by atoms with E-state index in [1.807, 2.05) is 18.2 Å². The minimum absolute atomic E-state index is 0.0873. The Hall–Kier alpha value is -0.0600. The molecule has 1 aromatic carbocycles. The summed E-state index contributed by atoms with van der Waals surface area (Å²) in [4.78, 5) is 0. The van der Waals surface area contributed by atoms with Gasteiger partial charge >= 0.3 is 0 Å². The molecule has 1 unspecified atom stereocenters. The number of nitrogens with one attached hydrogen (secondary N) is 1. The second-order valence-electron chi connectivity index (χ2n) is 4.22. The fraction of sp³-hybridized carbons (Fsp3) is 0.286. The van der Waals surface area contributed by atoms with Gasteiger partial charge in [-0.1, -0.05) is 58.2 Å². The summed E-state index contributed by atoms with van der Waals surface area (Å²) in [5.74, 6) is 0. The van der Waals surface area contributed by atoms with Gasteiger partial charge < -0.3 is 5.32 Å². The van der Waals surface area contributed by atoms with E-state index >= 15 is 0 Å². The van der Waals surface area contributed by atoms with Crippen molar-refractivity contribution < 1.29 is 0 Å². The van der Waals surface area contributed by atoms with E-state index in [1.54, 1.807) is 0 Å². The summed E-state index contributed by atoms with van der Waals surface area (Å²) >= 11 is 17.2. The van der Waals surface area contributed by atoms with Crippen LogP contribution in [0.4, 0.5) is 0 Å². The summed E-state index contributed by atoms with van der Waals surface area (Å²) in [6, 6.07) is 10.3. The Morgan fingerprint density at radius 2 is 1.95 bits per heavy atom. The Kier molecular flexibility index (Phi) is 5.72. The average Bonchev–Trinajstić information content (AvgIpc) is 2.71. The predicted molar refractivity (Wildman–Crippen MR) is 88.6 cm³/mol. The van der Waals surface area contributed by atoms with E-state index < -0.39 is 0 Å². The maximum Gasteiger partial charge on any atom is 0.0995 e. The van der Waals surface area contributed by atoms with E-state index in [-0.39, 0.29) is 6.04 Å². The lowest BCUT2D eigenvalue weighted by Gasteiger charge is -2.19. The Morgan fingerprint density at radius 3 is 2.47 bits per heavy atom. The Morgan fingerprint density at radius 1 is 1.26 bits per heavy atom. The molecular formula is C14H14BrCl2NS. The third-order valence-electron chi connectivity index (χ3n) is 2.80. The molecule has 0 aliphatic carbocycles. The van der Waals surface area contributed by atoms with Gasteiger partial charge in [-0.25, -0.2) is 0 Å². The van der Waals surface area contributed by atoms with Crippen molar-refractivity contribution in [2.75, 3.05) is 6.54 Å². The molecule has 0 spiro atoms. The van der Waals surface area contributed by atoms with Crippen LogP contribution in [0.3, 0.4) is 0 Å². The third kappa shape index (κ3) is 3.96. The second kappa shape index (κ2) is 7.09. The largest absolute Gasteiger partial charge is 0.306 e. The van der Waals surface area contributed by atoms with Gasteiger partial charge in [-0.2, -0.15) is 0 Å². The molecule has 1 aromatic heterocycles. The van der Waals surface area contributed by atoms with Crippen LogP contribution in [0.5, 0.6) is 0 Å². The molecule has 2 rings (SSSR count). The van der Waals surface area contributed by atoms with Crippen LogP contribution in [-0.4, -0.2) is 6.54 Å². The summed E-state index contributed by atoms with van der Waals surface area (Å²) < 4.78 is 2.54. The quantitative estimate of drug-likeness (QED) is 0.682. The van der Waals surface area contributed by atoms with E-state index in [4.69, 9.17) is 23.2 Å². The zero-order valence-electron chi connectivity index (χ0n) is 10.4. The first-order valence-corrected chi connectivity index (χ1v) is 8.42. The number of hydrogen-bond donors (Lipinski definition) is 1. The zero-order valence-corrected chi connectivity index (χ0v) is 14.3. The molecular weight excluding hydrogens is 365 g/mol. The summed E-state index contributed by atoms with van der Waals surface area (Å²) in [6.07, 6.45) is 1.07. The highest BCUT2D eigenvalue weighted by Gasteiger charge is 2.18. The molecule has 0 aliphatic rings. The molecule has 1 nitrogen and oxygen atoms in total. The van der Waals surface area contributed by atoms with Crippen molar-refractivity contribution in [3.8, 4) is 0 Å². The van der Waals surface area contributed by atoms with Gasteiger partial charge in [0.25, 0.3) is 0 Å². The molecule has 0 radical (unpaired) electrons. The molecule has 1 heterocycles. The molecule has 19 heavy (non-hydrogen) atoms. The number of rotatable bonds is 5. The van der Waals surface area contributed by atoms with Crippen LogP contribution in [0.1, 0.15) is 30.5 Å². The highest BCUT2D eigenvalue weighted by molar-refractivity contribution is 9.10. The number of benzene rings is 1. The lowest BCUT2D eigenvalue weighted by Crippen LogP contribution is -2.22. The molecule has 1 N–H and O–H groups in total. The minimum atomic E-state index is 0.0873. The smallest absolute Gasteiger partial charge is 0.0995 e. The summed E-state index contributed by atoms with van der Waals surface area (Å²) in [5.41, 5.74) is 2.24. The molecule has 102 valence electrons. The lowest BCUT2D eigenvalue weighted by molar-refractivity contribution is 0.600. The van der Waals surface area contributed by atoms with Crippen LogP contribution in [0, 0.1) is 0 Å². The van der Waals surface area contributed by atoms with Crippen molar-refractivity contribution >= 4 is 50.5 Å². The van der Waals surface area contributed by atoms with Crippen molar-refractivity contribution in [2.24, 2.45) is 0 Å². The van der Waals surface area contributed by atoms with Gasteiger partial charge in [0.15, 0.2) is 0 Å². The molecule has 0 saturated heterocycles. The monoisotopic (exact) mass is 377 g/mol. The molecule has 0 fully saturated rings. The Bertz CT molecular complexity index is 539. The van der Waals surface area contributed by atoms with E-state index in [2.05, 4.69) is 40.3 Å². The van der Waals surface area contributed by atoms with E-state index in [0.29, 0.717) is 0 Å². The molecule has 0 amide bonds. The van der Waals surface area contributed by atoms with Crippen LogP contribution < -0.4 is 5.32 Å². The van der Waals surface area contributed by atoms with Crippen molar-refractivity contribution in [2.45, 2.75) is 19.4 Å². The Balaban J connectivity index is 2.35. The highest BCUT2D eigenvalue weighted by Crippen LogP contribution is 2.37. The van der Waals surface area contributed by atoms with Crippen LogP contribution in [-0.2, 0) is 0 Å². The molecule has 1 atom stereocenters. The molecule has 0 saturated carbocycles. The van der Waals surface area contributed by atoms with Crippen LogP contribution >= 0.6 is 50.5 Å². The fourth-order valence-electron chi connectivity index (χ4n) is 1.90. The third-order valence-corrected chi connectivity index (χ3v) is 4.84. The first-order chi connectivity index (χ1) is 9.11. The van der Waals surface area contributed by atoms with Crippen LogP contribution in [0.15, 0.2) is 34.8 Å². The second-order valence-corrected chi connectivity index (χ2v) is 7.42. The standard InChI is InChI=1S/C14H14BrCl2NS/c1-2-7-18-13(9-3-5-10(15)6-4-9)11-8-12(16)19-14(11)17/h3-6,8,13,18H,2,7H2,1H3. The minimum Gasteiger partial charge on any atom is -0.306 e. The summed E-state index contributed by atoms with van der Waals surface area (Å²) in [6.45, 7) is 3.08. The van der Waals surface area contributed by atoms with Gasteiger partial charge in [0, 0.05) is 10.0 Å². The number of halogens is 3. The van der Waals surface area contributed by atoms with E-state index in [1.165, 1.54) is 16.9 Å². The van der Waals surface area contributed by atoms with Crippen molar-refractivity contribution in [3.63, 3.8) is 0 Å².